The van der Waals surface area contributed by atoms with Gasteiger partial charge in [-0.2, -0.15) is 4.31 Å². The number of ether oxygens (including phenoxy) is 1. The van der Waals surface area contributed by atoms with Crippen molar-refractivity contribution in [3.8, 4) is 5.75 Å². The Hall–Kier alpha value is -1.64. The zero-order valence-corrected chi connectivity index (χ0v) is 16.7. The summed E-state index contributed by atoms with van der Waals surface area (Å²) in [6.45, 7) is 4.42. The Labute approximate surface area is 161 Å². The second kappa shape index (κ2) is 8.58. The van der Waals surface area contributed by atoms with E-state index in [4.69, 9.17) is 10.5 Å². The summed E-state index contributed by atoms with van der Waals surface area (Å²) in [5.74, 6) is 0.686. The first kappa shape index (κ1) is 20.1. The summed E-state index contributed by atoms with van der Waals surface area (Å²) in [5, 5.41) is 0. The molecule has 150 valence electrons. The van der Waals surface area contributed by atoms with Gasteiger partial charge in [-0.1, -0.05) is 0 Å². The van der Waals surface area contributed by atoms with Crippen molar-refractivity contribution < 1.29 is 17.9 Å². The molecule has 7 nitrogen and oxygen atoms in total. The molecule has 27 heavy (non-hydrogen) atoms. The molecule has 1 aromatic carbocycles. The normalized spacial score (nSPS) is 22.1. The van der Waals surface area contributed by atoms with Crippen molar-refractivity contribution in [2.75, 3.05) is 32.8 Å². The molecule has 3 rings (SSSR count). The van der Waals surface area contributed by atoms with E-state index in [2.05, 4.69) is 0 Å². The number of benzene rings is 1. The first-order valence-electron chi connectivity index (χ1n) is 9.71. The van der Waals surface area contributed by atoms with E-state index in [9.17, 15) is 13.2 Å². The van der Waals surface area contributed by atoms with Crippen LogP contribution in [0.25, 0.3) is 0 Å². The highest BCUT2D eigenvalue weighted by Gasteiger charge is 2.36. The van der Waals surface area contributed by atoms with Crippen LogP contribution in [0.1, 0.15) is 32.6 Å². The average molecular weight is 396 g/mol. The molecule has 1 unspecified atom stereocenters. The highest BCUT2D eigenvalue weighted by molar-refractivity contribution is 7.89. The van der Waals surface area contributed by atoms with E-state index >= 15 is 0 Å². The third-order valence-corrected chi connectivity index (χ3v) is 7.42. The van der Waals surface area contributed by atoms with Crippen molar-refractivity contribution in [2.45, 2.75) is 43.5 Å². The minimum atomic E-state index is -3.54. The van der Waals surface area contributed by atoms with Crippen molar-refractivity contribution in [3.63, 3.8) is 0 Å². The third-order valence-electron chi connectivity index (χ3n) is 5.51. The summed E-state index contributed by atoms with van der Waals surface area (Å²) in [7, 11) is -3.54. The van der Waals surface area contributed by atoms with E-state index in [1.807, 2.05) is 11.8 Å². The fraction of sp³-hybridized carbons (Fsp3) is 0.632. The van der Waals surface area contributed by atoms with E-state index in [1.165, 1.54) is 4.31 Å². The lowest BCUT2D eigenvalue weighted by Gasteiger charge is -2.34. The fourth-order valence-corrected chi connectivity index (χ4v) is 5.44. The second-order valence-electron chi connectivity index (χ2n) is 7.15. The predicted octanol–water partition coefficient (Wildman–Crippen LogP) is 1.44. The Kier molecular flexibility index (Phi) is 6.39. The SMILES string of the molecule is CCOc1ccc(S(=O)(=O)N2CCC(C(=O)N3CCCC3CN)CC2)cc1. The Morgan fingerprint density at radius 3 is 2.41 bits per heavy atom. The van der Waals surface area contributed by atoms with Gasteiger partial charge in [-0.25, -0.2) is 8.42 Å². The molecule has 1 aromatic rings. The van der Waals surface area contributed by atoms with E-state index in [1.54, 1.807) is 24.3 Å². The van der Waals surface area contributed by atoms with Gasteiger partial charge in [0.05, 0.1) is 11.5 Å². The van der Waals surface area contributed by atoms with Crippen LogP contribution in [0.5, 0.6) is 5.75 Å². The maximum absolute atomic E-state index is 12.9. The minimum Gasteiger partial charge on any atom is -0.494 e. The number of nitrogens with zero attached hydrogens (tertiary/aromatic N) is 2. The zero-order valence-electron chi connectivity index (χ0n) is 15.8. The highest BCUT2D eigenvalue weighted by Crippen LogP contribution is 2.28. The monoisotopic (exact) mass is 395 g/mol. The van der Waals surface area contributed by atoms with Crippen LogP contribution in [-0.4, -0.2) is 62.4 Å². The molecule has 2 aliphatic rings. The van der Waals surface area contributed by atoms with Crippen LogP contribution < -0.4 is 10.5 Å². The molecule has 2 fully saturated rings. The smallest absolute Gasteiger partial charge is 0.243 e. The van der Waals surface area contributed by atoms with Crippen molar-refractivity contribution in [2.24, 2.45) is 11.7 Å². The molecule has 0 aliphatic carbocycles. The molecular formula is C19H29N3O4S. The van der Waals surface area contributed by atoms with Gasteiger partial charge in [0, 0.05) is 38.1 Å². The molecule has 2 heterocycles. The lowest BCUT2D eigenvalue weighted by Crippen LogP contribution is -2.47. The molecule has 1 amide bonds. The zero-order chi connectivity index (χ0) is 19.4. The van der Waals surface area contributed by atoms with E-state index in [0.717, 1.165) is 19.4 Å². The first-order chi connectivity index (χ1) is 13.0. The highest BCUT2D eigenvalue weighted by atomic mass is 32.2. The summed E-state index contributed by atoms with van der Waals surface area (Å²) >= 11 is 0. The fourth-order valence-electron chi connectivity index (χ4n) is 3.97. The molecule has 0 spiro atoms. The second-order valence-corrected chi connectivity index (χ2v) is 9.08. The number of hydrogen-bond donors (Lipinski definition) is 1. The maximum atomic E-state index is 12.9. The Bertz CT molecular complexity index is 743. The standard InChI is InChI=1S/C19H29N3O4S/c1-2-26-17-5-7-18(8-6-17)27(24,25)21-12-9-15(10-13-21)19(23)22-11-3-4-16(22)14-20/h5-8,15-16H,2-4,9-14,20H2,1H3. The van der Waals surface area contributed by atoms with E-state index in [-0.39, 0.29) is 22.8 Å². The number of piperidine rings is 1. The van der Waals surface area contributed by atoms with Crippen molar-refractivity contribution in [3.05, 3.63) is 24.3 Å². The predicted molar refractivity (Wildman–Crippen MR) is 103 cm³/mol. The number of carbonyl (C=O) groups excluding carboxylic acids is 1. The lowest BCUT2D eigenvalue weighted by molar-refractivity contribution is -0.137. The van der Waals surface area contributed by atoms with Gasteiger partial charge in [0.1, 0.15) is 5.75 Å². The van der Waals surface area contributed by atoms with Crippen LogP contribution in [-0.2, 0) is 14.8 Å². The van der Waals surface area contributed by atoms with E-state index in [0.29, 0.717) is 44.8 Å². The Balaban J connectivity index is 1.61. The van der Waals surface area contributed by atoms with Gasteiger partial charge in [-0.05, 0) is 56.9 Å². The summed E-state index contributed by atoms with van der Waals surface area (Å²) in [6.07, 6.45) is 3.08. The molecular weight excluding hydrogens is 366 g/mol. The number of hydrogen-bond acceptors (Lipinski definition) is 5. The van der Waals surface area contributed by atoms with Crippen molar-refractivity contribution in [1.29, 1.82) is 0 Å². The number of likely N-dealkylation sites (tertiary alicyclic amines) is 1. The van der Waals surface area contributed by atoms with Gasteiger partial charge in [0.2, 0.25) is 15.9 Å². The number of sulfonamides is 1. The number of amides is 1. The first-order valence-corrected chi connectivity index (χ1v) is 11.1. The van der Waals surface area contributed by atoms with E-state index < -0.39 is 10.0 Å². The van der Waals surface area contributed by atoms with Gasteiger partial charge in [-0.15, -0.1) is 0 Å². The van der Waals surface area contributed by atoms with Crippen LogP contribution in [0.4, 0.5) is 0 Å². The van der Waals surface area contributed by atoms with Gasteiger partial charge >= 0.3 is 0 Å². The number of rotatable bonds is 6. The third kappa shape index (κ3) is 4.28. The molecule has 1 atom stereocenters. The van der Waals surface area contributed by atoms with Crippen LogP contribution in [0.3, 0.4) is 0 Å². The van der Waals surface area contributed by atoms with Crippen LogP contribution >= 0.6 is 0 Å². The van der Waals surface area contributed by atoms with Crippen LogP contribution in [0.15, 0.2) is 29.2 Å². The van der Waals surface area contributed by atoms with Crippen molar-refractivity contribution >= 4 is 15.9 Å². The molecule has 0 aromatic heterocycles. The number of carbonyl (C=O) groups is 1. The largest absolute Gasteiger partial charge is 0.494 e. The summed E-state index contributed by atoms with van der Waals surface area (Å²) in [5.41, 5.74) is 5.77. The number of nitrogens with two attached hydrogens (primary N) is 1. The lowest BCUT2D eigenvalue weighted by atomic mass is 9.96. The summed E-state index contributed by atoms with van der Waals surface area (Å²) < 4.78 is 32.6. The summed E-state index contributed by atoms with van der Waals surface area (Å²) in [4.78, 5) is 15.0. The average Bonchev–Trinajstić information content (AvgIpc) is 3.17. The topological polar surface area (TPSA) is 92.9 Å². The molecule has 2 saturated heterocycles. The Morgan fingerprint density at radius 1 is 1.15 bits per heavy atom. The molecule has 0 saturated carbocycles. The van der Waals surface area contributed by atoms with Gasteiger partial charge in [-0.3, -0.25) is 4.79 Å². The molecule has 0 bridgehead atoms. The maximum Gasteiger partial charge on any atom is 0.243 e. The Morgan fingerprint density at radius 2 is 1.81 bits per heavy atom. The molecule has 2 N–H and O–H groups in total. The molecule has 2 aliphatic heterocycles. The van der Waals surface area contributed by atoms with Gasteiger partial charge in [0.15, 0.2) is 0 Å². The van der Waals surface area contributed by atoms with Gasteiger partial charge in [0.25, 0.3) is 0 Å². The van der Waals surface area contributed by atoms with Gasteiger partial charge < -0.3 is 15.4 Å². The molecule has 0 radical (unpaired) electrons. The summed E-state index contributed by atoms with van der Waals surface area (Å²) in [6, 6.07) is 6.64. The van der Waals surface area contributed by atoms with Crippen LogP contribution in [0.2, 0.25) is 0 Å². The molecule has 8 heteroatoms. The van der Waals surface area contributed by atoms with Crippen LogP contribution in [0, 0.1) is 5.92 Å². The minimum absolute atomic E-state index is 0.107. The quantitative estimate of drug-likeness (QED) is 0.787. The van der Waals surface area contributed by atoms with Crippen molar-refractivity contribution in [1.82, 2.24) is 9.21 Å².